The summed E-state index contributed by atoms with van der Waals surface area (Å²) in [6.07, 6.45) is 2.83. The zero-order chi connectivity index (χ0) is 9.60. The van der Waals surface area contributed by atoms with Gasteiger partial charge in [-0.3, -0.25) is 0 Å². The minimum Gasteiger partial charge on any atom is -0.316 e. The second-order valence-corrected chi connectivity index (χ2v) is 5.52. The summed E-state index contributed by atoms with van der Waals surface area (Å²) in [5.41, 5.74) is 2.13. The number of halogens is 1. The Kier molecular flexibility index (Phi) is 1.96. The molecule has 1 atom stereocenters. The van der Waals surface area contributed by atoms with Gasteiger partial charge in [0.25, 0.3) is 0 Å². The molecule has 0 amide bonds. The Labute approximate surface area is 93.0 Å². The molecule has 1 spiro atoms. The van der Waals surface area contributed by atoms with Crippen LogP contribution in [0.3, 0.4) is 0 Å². The van der Waals surface area contributed by atoms with Gasteiger partial charge in [-0.05, 0) is 36.0 Å². The van der Waals surface area contributed by atoms with Crippen LogP contribution in [0.4, 0.5) is 0 Å². The van der Waals surface area contributed by atoms with Gasteiger partial charge in [-0.2, -0.15) is 0 Å². The molecule has 2 fully saturated rings. The fourth-order valence-electron chi connectivity index (χ4n) is 2.69. The van der Waals surface area contributed by atoms with Crippen LogP contribution in [0, 0.1) is 5.41 Å². The van der Waals surface area contributed by atoms with E-state index < -0.39 is 0 Å². The first-order valence-electron chi connectivity index (χ1n) is 5.26. The van der Waals surface area contributed by atoms with Crippen molar-refractivity contribution in [2.45, 2.75) is 18.8 Å². The third kappa shape index (κ3) is 1.32. The topological polar surface area (TPSA) is 12.0 Å². The molecule has 2 aliphatic rings. The Morgan fingerprint density at radius 1 is 1.36 bits per heavy atom. The van der Waals surface area contributed by atoms with Crippen LogP contribution in [0.1, 0.15) is 24.3 Å². The van der Waals surface area contributed by atoms with Gasteiger partial charge in [0.2, 0.25) is 0 Å². The standard InChI is InChI=1S/C12H14BrN/c13-10-3-1-2-9(6-10)11-7-14-8-12(11)4-5-12/h1-3,6,11,14H,4-5,7-8H2. The maximum atomic E-state index is 3.55. The second-order valence-electron chi connectivity index (χ2n) is 4.60. The van der Waals surface area contributed by atoms with E-state index in [1.54, 1.807) is 0 Å². The van der Waals surface area contributed by atoms with Crippen LogP contribution in [0.2, 0.25) is 0 Å². The molecular formula is C12H14BrN. The van der Waals surface area contributed by atoms with E-state index in [0.717, 1.165) is 12.5 Å². The molecule has 1 heterocycles. The Bertz CT molecular complexity index is 357. The van der Waals surface area contributed by atoms with E-state index in [0.29, 0.717) is 5.41 Å². The van der Waals surface area contributed by atoms with Crippen LogP contribution < -0.4 is 5.32 Å². The Balaban J connectivity index is 1.95. The van der Waals surface area contributed by atoms with Crippen molar-refractivity contribution in [3.8, 4) is 0 Å². The maximum Gasteiger partial charge on any atom is 0.0178 e. The molecule has 1 nitrogen and oxygen atoms in total. The minimum atomic E-state index is 0.626. The molecule has 1 unspecified atom stereocenters. The van der Waals surface area contributed by atoms with Crippen LogP contribution in [0.5, 0.6) is 0 Å². The quantitative estimate of drug-likeness (QED) is 0.810. The monoisotopic (exact) mass is 251 g/mol. The summed E-state index contributed by atoms with van der Waals surface area (Å²) in [4.78, 5) is 0. The van der Waals surface area contributed by atoms with E-state index in [1.807, 2.05) is 0 Å². The van der Waals surface area contributed by atoms with Gasteiger partial charge in [-0.25, -0.2) is 0 Å². The molecule has 1 saturated carbocycles. The molecule has 1 aromatic rings. The summed E-state index contributed by atoms with van der Waals surface area (Å²) < 4.78 is 1.21. The minimum absolute atomic E-state index is 0.626. The molecule has 2 heteroatoms. The highest BCUT2D eigenvalue weighted by Crippen LogP contribution is 2.57. The first kappa shape index (κ1) is 8.93. The summed E-state index contributed by atoms with van der Waals surface area (Å²) in [6.45, 7) is 2.39. The summed E-state index contributed by atoms with van der Waals surface area (Å²) in [7, 11) is 0. The van der Waals surface area contributed by atoms with E-state index >= 15 is 0 Å². The average molecular weight is 252 g/mol. The lowest BCUT2D eigenvalue weighted by molar-refractivity contribution is 0.502. The van der Waals surface area contributed by atoms with Crippen molar-refractivity contribution in [2.75, 3.05) is 13.1 Å². The molecule has 0 aromatic heterocycles. The van der Waals surface area contributed by atoms with Crippen molar-refractivity contribution >= 4 is 15.9 Å². The van der Waals surface area contributed by atoms with Crippen LogP contribution in [-0.2, 0) is 0 Å². The zero-order valence-corrected chi connectivity index (χ0v) is 9.68. The Hall–Kier alpha value is -0.340. The number of nitrogens with one attached hydrogen (secondary N) is 1. The highest BCUT2D eigenvalue weighted by atomic mass is 79.9. The lowest BCUT2D eigenvalue weighted by atomic mass is 9.86. The lowest BCUT2D eigenvalue weighted by Crippen LogP contribution is -2.11. The second kappa shape index (κ2) is 3.07. The lowest BCUT2D eigenvalue weighted by Gasteiger charge is -2.17. The molecule has 0 bridgehead atoms. The predicted molar refractivity (Wildman–Crippen MR) is 61.4 cm³/mol. The number of benzene rings is 1. The third-order valence-corrected chi connectivity index (χ3v) is 4.20. The highest BCUT2D eigenvalue weighted by molar-refractivity contribution is 9.10. The van der Waals surface area contributed by atoms with E-state index in [9.17, 15) is 0 Å². The Morgan fingerprint density at radius 2 is 2.21 bits per heavy atom. The van der Waals surface area contributed by atoms with Gasteiger partial charge < -0.3 is 5.32 Å². The molecule has 1 N–H and O–H groups in total. The van der Waals surface area contributed by atoms with E-state index in [1.165, 1.54) is 29.4 Å². The number of rotatable bonds is 1. The maximum absolute atomic E-state index is 3.55. The van der Waals surface area contributed by atoms with E-state index in [4.69, 9.17) is 0 Å². The van der Waals surface area contributed by atoms with Gasteiger partial charge in [0, 0.05) is 23.5 Å². The van der Waals surface area contributed by atoms with Gasteiger partial charge in [0.1, 0.15) is 0 Å². The van der Waals surface area contributed by atoms with Gasteiger partial charge in [-0.15, -0.1) is 0 Å². The number of hydrogen-bond acceptors (Lipinski definition) is 1. The van der Waals surface area contributed by atoms with Crippen molar-refractivity contribution in [3.05, 3.63) is 34.3 Å². The molecule has 3 rings (SSSR count). The van der Waals surface area contributed by atoms with Crippen molar-refractivity contribution in [1.29, 1.82) is 0 Å². The molecule has 1 aliphatic carbocycles. The van der Waals surface area contributed by atoms with Gasteiger partial charge >= 0.3 is 0 Å². The smallest absolute Gasteiger partial charge is 0.0178 e. The molecule has 1 aromatic carbocycles. The van der Waals surface area contributed by atoms with E-state index in [-0.39, 0.29) is 0 Å². The third-order valence-electron chi connectivity index (χ3n) is 3.71. The van der Waals surface area contributed by atoms with Crippen LogP contribution >= 0.6 is 15.9 Å². The fraction of sp³-hybridized carbons (Fsp3) is 0.500. The largest absolute Gasteiger partial charge is 0.316 e. The van der Waals surface area contributed by atoms with Crippen molar-refractivity contribution in [3.63, 3.8) is 0 Å². The summed E-state index contributed by atoms with van der Waals surface area (Å²) in [5.74, 6) is 0.750. The average Bonchev–Trinajstić information content (AvgIpc) is 2.78. The van der Waals surface area contributed by atoms with Gasteiger partial charge in [0.15, 0.2) is 0 Å². The predicted octanol–water partition coefficient (Wildman–Crippen LogP) is 2.92. The van der Waals surface area contributed by atoms with Crippen LogP contribution in [0.25, 0.3) is 0 Å². The molecule has 1 saturated heterocycles. The van der Waals surface area contributed by atoms with Crippen molar-refractivity contribution < 1.29 is 0 Å². The van der Waals surface area contributed by atoms with Gasteiger partial charge in [-0.1, -0.05) is 28.1 Å². The Morgan fingerprint density at radius 3 is 2.93 bits per heavy atom. The molecular weight excluding hydrogens is 238 g/mol. The summed E-state index contributed by atoms with van der Waals surface area (Å²) in [5, 5.41) is 3.53. The summed E-state index contributed by atoms with van der Waals surface area (Å²) >= 11 is 3.55. The normalized spacial score (nSPS) is 28.2. The van der Waals surface area contributed by atoms with Crippen molar-refractivity contribution in [2.24, 2.45) is 5.41 Å². The number of hydrogen-bond donors (Lipinski definition) is 1. The van der Waals surface area contributed by atoms with Crippen LogP contribution in [0.15, 0.2) is 28.7 Å². The van der Waals surface area contributed by atoms with Crippen LogP contribution in [-0.4, -0.2) is 13.1 Å². The molecule has 1 aliphatic heterocycles. The van der Waals surface area contributed by atoms with Gasteiger partial charge in [0.05, 0.1) is 0 Å². The summed E-state index contributed by atoms with van der Waals surface area (Å²) in [6, 6.07) is 8.79. The van der Waals surface area contributed by atoms with Crippen molar-refractivity contribution in [1.82, 2.24) is 5.32 Å². The fourth-order valence-corrected chi connectivity index (χ4v) is 3.10. The first-order valence-corrected chi connectivity index (χ1v) is 6.06. The SMILES string of the molecule is Brc1cccc(C2CNCC23CC3)c1. The molecule has 0 radical (unpaired) electrons. The highest BCUT2D eigenvalue weighted by Gasteiger charge is 2.52. The zero-order valence-electron chi connectivity index (χ0n) is 8.09. The first-order chi connectivity index (χ1) is 6.80. The molecule has 74 valence electrons. The van der Waals surface area contributed by atoms with E-state index in [2.05, 4.69) is 45.5 Å². The molecule has 14 heavy (non-hydrogen) atoms.